The van der Waals surface area contributed by atoms with Crippen LogP contribution in [0.1, 0.15) is 39.7 Å². The van der Waals surface area contributed by atoms with E-state index in [4.69, 9.17) is 9.47 Å². The monoisotopic (exact) mass is 324 g/mol. The zero-order valence-electron chi connectivity index (χ0n) is 14.8. The van der Waals surface area contributed by atoms with Gasteiger partial charge in [-0.15, -0.1) is 5.73 Å². The van der Waals surface area contributed by atoms with Crippen LogP contribution in [0.25, 0.3) is 5.57 Å². The van der Waals surface area contributed by atoms with Gasteiger partial charge in [-0.2, -0.15) is 0 Å². The van der Waals surface area contributed by atoms with Crippen molar-refractivity contribution in [1.82, 2.24) is 0 Å². The Labute approximate surface area is 144 Å². The van der Waals surface area contributed by atoms with Crippen molar-refractivity contribution in [3.05, 3.63) is 70.7 Å². The summed E-state index contributed by atoms with van der Waals surface area (Å²) in [6, 6.07) is 10.00. The van der Waals surface area contributed by atoms with Crippen molar-refractivity contribution in [3.8, 4) is 0 Å². The smallest absolute Gasteiger partial charge is 0.337 e. The number of hydrogen-bond donors (Lipinski definition) is 0. The maximum atomic E-state index is 12.0. The first kappa shape index (κ1) is 17.8. The van der Waals surface area contributed by atoms with Crippen LogP contribution in [0.15, 0.2) is 65.1 Å². The molecule has 0 radical (unpaired) electrons. The van der Waals surface area contributed by atoms with E-state index in [0.717, 1.165) is 22.3 Å². The second-order valence-corrected chi connectivity index (χ2v) is 5.96. The van der Waals surface area contributed by atoms with E-state index in [2.05, 4.69) is 12.3 Å². The molecule has 1 heterocycles. The molecule has 3 heteroatoms. The predicted molar refractivity (Wildman–Crippen MR) is 96.2 cm³/mol. The van der Waals surface area contributed by atoms with Crippen molar-refractivity contribution >= 4 is 11.5 Å². The zero-order chi connectivity index (χ0) is 17.7. The van der Waals surface area contributed by atoms with Crippen LogP contribution >= 0.6 is 0 Å². The molecule has 1 aromatic carbocycles. The van der Waals surface area contributed by atoms with E-state index in [9.17, 15) is 4.79 Å². The van der Waals surface area contributed by atoms with Gasteiger partial charge in [0.25, 0.3) is 0 Å². The normalized spacial score (nSPS) is 16.2. The Morgan fingerprint density at radius 1 is 1.33 bits per heavy atom. The fourth-order valence-corrected chi connectivity index (χ4v) is 2.65. The fraction of sp³-hybridized carbons (Fsp3) is 0.333. The van der Waals surface area contributed by atoms with Crippen LogP contribution in [-0.2, 0) is 14.3 Å². The van der Waals surface area contributed by atoms with Crippen molar-refractivity contribution in [3.63, 3.8) is 0 Å². The lowest BCUT2D eigenvalue weighted by Crippen LogP contribution is -2.13. The lowest BCUT2D eigenvalue weighted by molar-refractivity contribution is -0.138. The Balaban J connectivity index is 2.28. The minimum Gasteiger partial charge on any atom is -0.489 e. The zero-order valence-corrected chi connectivity index (χ0v) is 14.8. The van der Waals surface area contributed by atoms with Crippen LogP contribution < -0.4 is 0 Å². The molecule has 2 rings (SSSR count). The average molecular weight is 324 g/mol. The molecule has 0 saturated carbocycles. The highest BCUT2D eigenvalue weighted by Crippen LogP contribution is 2.35. The molecule has 0 aromatic heterocycles. The molecular formula is C21H24O3. The molecule has 0 saturated heterocycles. The highest BCUT2D eigenvalue weighted by atomic mass is 16.5. The van der Waals surface area contributed by atoms with Gasteiger partial charge in [0.05, 0.1) is 12.2 Å². The number of carbonyl (C=O) groups excluding carboxylic acids is 1. The molecule has 126 valence electrons. The third-order valence-corrected chi connectivity index (χ3v) is 3.80. The second kappa shape index (κ2) is 7.85. The first-order chi connectivity index (χ1) is 11.4. The first-order valence-corrected chi connectivity index (χ1v) is 8.16. The molecular weight excluding hydrogens is 300 g/mol. The van der Waals surface area contributed by atoms with Crippen molar-refractivity contribution < 1.29 is 14.3 Å². The molecule has 0 fully saturated rings. The Morgan fingerprint density at radius 2 is 2.00 bits per heavy atom. The minimum absolute atomic E-state index is 0.272. The quantitative estimate of drug-likeness (QED) is 0.442. The first-order valence-electron chi connectivity index (χ1n) is 8.16. The number of esters is 1. The van der Waals surface area contributed by atoms with E-state index in [0.29, 0.717) is 24.4 Å². The van der Waals surface area contributed by atoms with Gasteiger partial charge in [-0.1, -0.05) is 36.9 Å². The van der Waals surface area contributed by atoms with Crippen molar-refractivity contribution in [2.75, 3.05) is 6.61 Å². The van der Waals surface area contributed by atoms with Crippen molar-refractivity contribution in [2.45, 2.75) is 40.2 Å². The summed E-state index contributed by atoms with van der Waals surface area (Å²) in [4.78, 5) is 12.0. The van der Waals surface area contributed by atoms with E-state index < -0.39 is 0 Å². The van der Waals surface area contributed by atoms with Crippen LogP contribution in [0.2, 0.25) is 0 Å². The van der Waals surface area contributed by atoms with Gasteiger partial charge >= 0.3 is 5.97 Å². The summed E-state index contributed by atoms with van der Waals surface area (Å²) in [6.45, 7) is 12.2. The van der Waals surface area contributed by atoms with Gasteiger partial charge < -0.3 is 9.47 Å². The average Bonchev–Trinajstić information content (AvgIpc) is 2.95. The van der Waals surface area contributed by atoms with E-state index >= 15 is 0 Å². The van der Waals surface area contributed by atoms with E-state index in [1.165, 1.54) is 0 Å². The second-order valence-electron chi connectivity index (χ2n) is 5.96. The van der Waals surface area contributed by atoms with Gasteiger partial charge in [-0.25, -0.2) is 4.79 Å². The number of benzene rings is 1. The number of carbonyl (C=O) groups is 1. The Morgan fingerprint density at radius 3 is 2.58 bits per heavy atom. The van der Waals surface area contributed by atoms with Gasteiger partial charge in [0.2, 0.25) is 0 Å². The molecule has 0 N–H and O–H groups in total. The van der Waals surface area contributed by atoms with Crippen LogP contribution in [-0.4, -0.2) is 18.7 Å². The Kier molecular flexibility index (Phi) is 5.83. The largest absolute Gasteiger partial charge is 0.489 e. The van der Waals surface area contributed by atoms with Crippen LogP contribution in [0.3, 0.4) is 0 Å². The molecule has 0 amide bonds. The summed E-state index contributed by atoms with van der Waals surface area (Å²) in [5, 5.41) is 0. The summed E-state index contributed by atoms with van der Waals surface area (Å²) in [5.74, 6) is 0.307. The van der Waals surface area contributed by atoms with E-state index in [-0.39, 0.29) is 12.1 Å². The number of allylic oxidation sites excluding steroid dienone is 1. The predicted octanol–water partition coefficient (Wildman–Crippen LogP) is 4.82. The summed E-state index contributed by atoms with van der Waals surface area (Å²) >= 11 is 0. The number of rotatable bonds is 5. The fourth-order valence-electron chi connectivity index (χ4n) is 2.65. The molecule has 24 heavy (non-hydrogen) atoms. The summed E-state index contributed by atoms with van der Waals surface area (Å²) in [7, 11) is 0. The molecule has 1 unspecified atom stereocenters. The van der Waals surface area contributed by atoms with Crippen LogP contribution in [0.4, 0.5) is 0 Å². The Bertz CT molecular complexity index is 728. The molecule has 1 atom stereocenters. The molecule has 3 nitrogen and oxygen atoms in total. The third-order valence-electron chi connectivity index (χ3n) is 3.80. The highest BCUT2D eigenvalue weighted by molar-refractivity contribution is 5.90. The van der Waals surface area contributed by atoms with Crippen molar-refractivity contribution in [2.24, 2.45) is 0 Å². The topological polar surface area (TPSA) is 35.5 Å². The standard InChI is InChI=1S/C21H24O3/c1-6-23-21(22)19-13-20(24-16(19)5)15(4)18(12-14(2)3)17-10-8-7-9-11-17/h7-11,20H,4,6,13H2,1-3,5H3. The summed E-state index contributed by atoms with van der Waals surface area (Å²) < 4.78 is 11.0. The number of ether oxygens (including phenoxy) is 2. The Hall–Kier alpha value is -2.51. The van der Waals surface area contributed by atoms with Crippen LogP contribution in [0, 0.1) is 0 Å². The number of hydrogen-bond acceptors (Lipinski definition) is 3. The van der Waals surface area contributed by atoms with Crippen LogP contribution in [0.5, 0.6) is 0 Å². The highest BCUT2D eigenvalue weighted by Gasteiger charge is 2.31. The van der Waals surface area contributed by atoms with Gasteiger partial charge in [0, 0.05) is 17.6 Å². The van der Waals surface area contributed by atoms with Crippen molar-refractivity contribution in [1.29, 1.82) is 0 Å². The molecule has 0 aliphatic carbocycles. The molecule has 0 spiro atoms. The maximum absolute atomic E-state index is 12.0. The summed E-state index contributed by atoms with van der Waals surface area (Å²) in [6.07, 6.45) is 0.205. The van der Waals surface area contributed by atoms with E-state index in [1.54, 1.807) is 13.8 Å². The third kappa shape index (κ3) is 4.06. The molecule has 1 aromatic rings. The molecule has 1 aliphatic heterocycles. The van der Waals surface area contributed by atoms with Gasteiger partial charge in [-0.05, 0) is 38.8 Å². The molecule has 0 bridgehead atoms. The van der Waals surface area contributed by atoms with Gasteiger partial charge in [-0.3, -0.25) is 0 Å². The minimum atomic E-state index is -0.308. The summed E-state index contributed by atoms with van der Waals surface area (Å²) in [5.41, 5.74) is 7.80. The van der Waals surface area contributed by atoms with Gasteiger partial charge in [0.15, 0.2) is 0 Å². The lowest BCUT2D eigenvalue weighted by Gasteiger charge is -2.17. The maximum Gasteiger partial charge on any atom is 0.337 e. The van der Waals surface area contributed by atoms with Gasteiger partial charge in [0.1, 0.15) is 11.9 Å². The SMILES string of the molecule is C=C(C(=C=C(C)C)c1ccccc1)C1CC(C(=O)OCC)=C(C)O1. The molecule has 1 aliphatic rings. The lowest BCUT2D eigenvalue weighted by atomic mass is 9.93. The van der Waals surface area contributed by atoms with E-state index in [1.807, 2.05) is 44.2 Å².